The fourth-order valence-electron chi connectivity index (χ4n) is 3.50. The van der Waals surface area contributed by atoms with Crippen molar-refractivity contribution in [3.8, 4) is 16.9 Å². The average molecular weight is 407 g/mol. The molecular weight excluding hydrogens is 392 g/mol. The molecule has 0 fully saturated rings. The third-order valence-electron chi connectivity index (χ3n) is 4.87. The number of oxazole rings is 1. The number of ether oxygens (including phenoxy) is 1. The third-order valence-corrected chi connectivity index (χ3v) is 4.87. The maximum absolute atomic E-state index is 12.4. The fourth-order valence-corrected chi connectivity index (χ4v) is 3.50. The van der Waals surface area contributed by atoms with Crippen LogP contribution in [0, 0.1) is 0 Å². The van der Waals surface area contributed by atoms with Crippen LogP contribution < -0.4 is 10.5 Å². The van der Waals surface area contributed by atoms with Crippen LogP contribution in [0.15, 0.2) is 76.2 Å². The molecule has 150 valence electrons. The van der Waals surface area contributed by atoms with E-state index >= 15 is 0 Å². The van der Waals surface area contributed by atoms with Crippen molar-refractivity contribution < 1.29 is 17.9 Å². The first-order valence-electron chi connectivity index (χ1n) is 9.17. The molecular formula is C22H15F2N3O3. The third kappa shape index (κ3) is 3.32. The molecule has 0 aliphatic rings. The van der Waals surface area contributed by atoms with Crippen LogP contribution in [0.3, 0.4) is 0 Å². The van der Waals surface area contributed by atoms with Gasteiger partial charge in [-0.1, -0.05) is 18.2 Å². The molecule has 0 spiro atoms. The fraction of sp³-hybridized carbons (Fsp3) is 0.0909. The molecule has 3 heterocycles. The van der Waals surface area contributed by atoms with Crippen LogP contribution in [0.1, 0.15) is 5.56 Å². The zero-order valence-electron chi connectivity index (χ0n) is 15.5. The Morgan fingerprint density at radius 2 is 2.00 bits per heavy atom. The van der Waals surface area contributed by atoms with Crippen molar-refractivity contribution in [2.45, 2.75) is 13.2 Å². The van der Waals surface area contributed by atoms with Crippen molar-refractivity contribution in [2.24, 2.45) is 0 Å². The molecule has 8 heteroatoms. The number of hydrogen-bond donors (Lipinski definition) is 1. The Kier molecular flexibility index (Phi) is 4.31. The van der Waals surface area contributed by atoms with Gasteiger partial charge >= 0.3 is 12.4 Å². The highest BCUT2D eigenvalue weighted by Gasteiger charge is 2.13. The number of H-pyrrole nitrogens is 1. The van der Waals surface area contributed by atoms with Gasteiger partial charge in [0.2, 0.25) is 0 Å². The van der Waals surface area contributed by atoms with Gasteiger partial charge in [0.25, 0.3) is 0 Å². The minimum atomic E-state index is -2.91. The largest absolute Gasteiger partial charge is 0.435 e. The SMILES string of the molecule is O=c1oc2cc(-c3cnc4[nH]ccc4c3)ccc2n1Cc1cccc(OC(F)F)c1. The minimum absolute atomic E-state index is 0.0401. The van der Waals surface area contributed by atoms with Crippen molar-refractivity contribution in [1.29, 1.82) is 0 Å². The number of benzene rings is 2. The molecule has 1 N–H and O–H groups in total. The van der Waals surface area contributed by atoms with E-state index < -0.39 is 12.4 Å². The lowest BCUT2D eigenvalue weighted by Crippen LogP contribution is -2.15. The summed E-state index contributed by atoms with van der Waals surface area (Å²) in [7, 11) is 0. The first kappa shape index (κ1) is 18.1. The number of halogens is 2. The normalized spacial score (nSPS) is 11.6. The number of rotatable bonds is 5. The Morgan fingerprint density at radius 1 is 1.10 bits per heavy atom. The van der Waals surface area contributed by atoms with Crippen molar-refractivity contribution in [3.63, 3.8) is 0 Å². The maximum Gasteiger partial charge on any atom is 0.420 e. The van der Waals surface area contributed by atoms with Gasteiger partial charge in [-0.3, -0.25) is 4.57 Å². The molecule has 6 nitrogen and oxygen atoms in total. The molecule has 0 bridgehead atoms. The van der Waals surface area contributed by atoms with E-state index in [4.69, 9.17) is 4.42 Å². The second kappa shape index (κ2) is 7.14. The second-order valence-corrected chi connectivity index (χ2v) is 6.80. The molecule has 0 amide bonds. The van der Waals surface area contributed by atoms with Gasteiger partial charge < -0.3 is 14.1 Å². The van der Waals surface area contributed by atoms with Gasteiger partial charge in [-0.15, -0.1) is 0 Å². The van der Waals surface area contributed by atoms with Gasteiger partial charge in [-0.05, 0) is 47.5 Å². The van der Waals surface area contributed by atoms with E-state index in [1.807, 2.05) is 24.4 Å². The summed E-state index contributed by atoms with van der Waals surface area (Å²) in [6.45, 7) is -2.74. The minimum Gasteiger partial charge on any atom is -0.435 e. The predicted molar refractivity (Wildman–Crippen MR) is 108 cm³/mol. The van der Waals surface area contributed by atoms with Crippen molar-refractivity contribution >= 4 is 22.1 Å². The Hall–Kier alpha value is -3.94. The number of aromatic nitrogens is 3. The Bertz CT molecular complexity index is 1420. The molecule has 5 aromatic rings. The summed E-state index contributed by atoms with van der Waals surface area (Å²) in [6, 6.07) is 15.7. The summed E-state index contributed by atoms with van der Waals surface area (Å²) in [4.78, 5) is 19.9. The Labute approximate surface area is 168 Å². The summed E-state index contributed by atoms with van der Waals surface area (Å²) >= 11 is 0. The zero-order valence-corrected chi connectivity index (χ0v) is 15.5. The van der Waals surface area contributed by atoms with E-state index in [-0.39, 0.29) is 12.3 Å². The molecule has 0 radical (unpaired) electrons. The van der Waals surface area contributed by atoms with Crippen LogP contribution in [0.4, 0.5) is 8.78 Å². The lowest BCUT2D eigenvalue weighted by Gasteiger charge is -2.07. The lowest BCUT2D eigenvalue weighted by molar-refractivity contribution is -0.0498. The van der Waals surface area contributed by atoms with Gasteiger partial charge in [0.1, 0.15) is 11.4 Å². The summed E-state index contributed by atoms with van der Waals surface area (Å²) in [5.74, 6) is -0.486. The number of fused-ring (bicyclic) bond motifs is 2. The van der Waals surface area contributed by atoms with E-state index in [2.05, 4.69) is 14.7 Å². The van der Waals surface area contributed by atoms with Gasteiger partial charge in [-0.25, -0.2) is 9.78 Å². The second-order valence-electron chi connectivity index (χ2n) is 6.80. The van der Waals surface area contributed by atoms with Crippen LogP contribution >= 0.6 is 0 Å². The quantitative estimate of drug-likeness (QED) is 0.455. The van der Waals surface area contributed by atoms with Crippen LogP contribution in [0.2, 0.25) is 0 Å². The van der Waals surface area contributed by atoms with E-state index in [0.29, 0.717) is 16.7 Å². The number of nitrogens with zero attached hydrogens (tertiary/aromatic N) is 2. The number of pyridine rings is 1. The van der Waals surface area contributed by atoms with E-state index in [1.54, 1.807) is 30.5 Å². The number of nitrogens with one attached hydrogen (secondary N) is 1. The zero-order chi connectivity index (χ0) is 20.7. The first-order valence-corrected chi connectivity index (χ1v) is 9.17. The van der Waals surface area contributed by atoms with E-state index in [9.17, 15) is 13.6 Å². The molecule has 2 aromatic carbocycles. The van der Waals surface area contributed by atoms with Crippen LogP contribution in [-0.4, -0.2) is 21.1 Å². The monoisotopic (exact) mass is 407 g/mol. The van der Waals surface area contributed by atoms with E-state index in [1.165, 1.54) is 16.7 Å². The first-order chi connectivity index (χ1) is 14.6. The Balaban J connectivity index is 1.50. The topological polar surface area (TPSA) is 73.0 Å². The maximum atomic E-state index is 12.4. The molecule has 0 aliphatic heterocycles. The van der Waals surface area contributed by atoms with Crippen molar-refractivity contribution in [3.05, 3.63) is 83.1 Å². The van der Waals surface area contributed by atoms with Crippen molar-refractivity contribution in [1.82, 2.24) is 14.5 Å². The highest BCUT2D eigenvalue weighted by molar-refractivity contribution is 5.85. The summed E-state index contributed by atoms with van der Waals surface area (Å²) < 4.78 is 36.2. The molecule has 5 rings (SSSR count). The molecule has 30 heavy (non-hydrogen) atoms. The van der Waals surface area contributed by atoms with Gasteiger partial charge in [0, 0.05) is 23.3 Å². The van der Waals surface area contributed by atoms with Crippen LogP contribution in [0.25, 0.3) is 33.3 Å². The van der Waals surface area contributed by atoms with Crippen LogP contribution in [0.5, 0.6) is 5.75 Å². The molecule has 0 saturated heterocycles. The summed E-state index contributed by atoms with van der Waals surface area (Å²) in [6.07, 6.45) is 3.58. The molecule has 0 saturated carbocycles. The number of hydrogen-bond acceptors (Lipinski definition) is 4. The molecule has 0 atom stereocenters. The van der Waals surface area contributed by atoms with E-state index in [0.717, 1.165) is 22.2 Å². The Morgan fingerprint density at radius 3 is 2.87 bits per heavy atom. The highest BCUT2D eigenvalue weighted by atomic mass is 19.3. The smallest absolute Gasteiger partial charge is 0.420 e. The standard InChI is InChI=1S/C22H15F2N3O3/c23-21(24)29-17-3-1-2-13(8-17)12-27-18-5-4-14(10-19(18)30-22(27)28)16-9-15-6-7-25-20(15)26-11-16/h1-11,21H,12H2,(H,25,26). The number of aromatic amines is 1. The van der Waals surface area contributed by atoms with Crippen LogP contribution in [-0.2, 0) is 6.54 Å². The highest BCUT2D eigenvalue weighted by Crippen LogP contribution is 2.26. The molecule has 0 aliphatic carbocycles. The summed E-state index contributed by atoms with van der Waals surface area (Å²) in [5, 5.41) is 0.984. The average Bonchev–Trinajstić information content (AvgIpc) is 3.31. The molecule has 3 aromatic heterocycles. The predicted octanol–water partition coefficient (Wildman–Crippen LogP) is 4.79. The van der Waals surface area contributed by atoms with Gasteiger partial charge in [-0.2, -0.15) is 8.78 Å². The summed E-state index contributed by atoms with van der Waals surface area (Å²) in [5.41, 5.74) is 4.26. The molecule has 0 unspecified atom stereocenters. The van der Waals surface area contributed by atoms with Gasteiger partial charge in [0.05, 0.1) is 12.1 Å². The van der Waals surface area contributed by atoms with Crippen molar-refractivity contribution in [2.75, 3.05) is 0 Å². The lowest BCUT2D eigenvalue weighted by atomic mass is 10.1. The van der Waals surface area contributed by atoms with Gasteiger partial charge in [0.15, 0.2) is 5.58 Å². The number of alkyl halides is 2.